The van der Waals surface area contributed by atoms with Crippen LogP contribution < -0.4 is 14.2 Å². The van der Waals surface area contributed by atoms with E-state index in [1.807, 2.05) is 0 Å². The molecular formula is C27H42O3. The third-order valence-corrected chi connectivity index (χ3v) is 8.39. The molecule has 3 fully saturated rings. The fourth-order valence-electron chi connectivity index (χ4n) is 6.08. The lowest BCUT2D eigenvalue weighted by Crippen LogP contribution is -2.35. The Morgan fingerprint density at radius 1 is 0.567 bits per heavy atom. The van der Waals surface area contributed by atoms with Crippen LogP contribution in [0.4, 0.5) is 0 Å². The summed E-state index contributed by atoms with van der Waals surface area (Å²) in [6, 6.07) is 6.33. The summed E-state index contributed by atoms with van der Waals surface area (Å²) in [7, 11) is 0. The summed E-state index contributed by atoms with van der Waals surface area (Å²) < 4.78 is 20.5. The quantitative estimate of drug-likeness (QED) is 0.410. The Morgan fingerprint density at radius 3 is 1.23 bits per heavy atom. The van der Waals surface area contributed by atoms with E-state index >= 15 is 0 Å². The largest absolute Gasteiger partial charge is 0.483 e. The molecule has 0 N–H and O–H groups in total. The molecule has 0 radical (unpaired) electrons. The highest BCUT2D eigenvalue weighted by molar-refractivity contribution is 5.52. The normalized spacial score (nSPS) is 24.1. The first-order valence-corrected chi connectivity index (χ1v) is 12.8. The molecule has 1 aromatic carbocycles. The zero-order valence-corrected chi connectivity index (χ0v) is 19.6. The minimum Gasteiger partial charge on any atom is -0.483 e. The predicted octanol–water partition coefficient (Wildman–Crippen LogP) is 7.99. The Labute approximate surface area is 183 Å². The summed E-state index contributed by atoms with van der Waals surface area (Å²) in [6.45, 7) is 6.80. The van der Waals surface area contributed by atoms with Gasteiger partial charge in [-0.15, -0.1) is 0 Å². The second-order valence-electron chi connectivity index (χ2n) is 10.1. The van der Waals surface area contributed by atoms with Crippen LogP contribution >= 0.6 is 0 Å². The summed E-state index contributed by atoms with van der Waals surface area (Å²) in [6.07, 6.45) is 17.5. The van der Waals surface area contributed by atoms with Crippen molar-refractivity contribution in [1.29, 1.82) is 0 Å². The van der Waals surface area contributed by atoms with Gasteiger partial charge in [0.05, 0.1) is 0 Å². The van der Waals surface area contributed by atoms with Gasteiger partial charge in [0, 0.05) is 0 Å². The van der Waals surface area contributed by atoms with Gasteiger partial charge in [0.15, 0.2) is 11.5 Å². The molecule has 3 aliphatic rings. The SMILES string of the molecule is CCC1(Oc2cccc(OC3(CC)CCCC3)c2OC2(CC)CCCC2)CCCC1. The van der Waals surface area contributed by atoms with Gasteiger partial charge in [-0.3, -0.25) is 0 Å². The summed E-state index contributed by atoms with van der Waals surface area (Å²) in [4.78, 5) is 0. The smallest absolute Gasteiger partial charge is 0.204 e. The first-order chi connectivity index (χ1) is 14.6. The van der Waals surface area contributed by atoms with Gasteiger partial charge in [-0.2, -0.15) is 0 Å². The second-order valence-corrected chi connectivity index (χ2v) is 10.1. The molecule has 0 aliphatic heterocycles. The second kappa shape index (κ2) is 9.01. The van der Waals surface area contributed by atoms with Crippen molar-refractivity contribution >= 4 is 0 Å². The Morgan fingerprint density at radius 2 is 0.900 bits per heavy atom. The van der Waals surface area contributed by atoms with Crippen molar-refractivity contribution in [2.24, 2.45) is 0 Å². The molecule has 1 aromatic rings. The van der Waals surface area contributed by atoms with Crippen LogP contribution in [0.5, 0.6) is 17.2 Å². The molecule has 0 unspecified atom stereocenters. The maximum atomic E-state index is 6.92. The van der Waals surface area contributed by atoms with E-state index in [9.17, 15) is 0 Å². The molecular weight excluding hydrogens is 372 g/mol. The van der Waals surface area contributed by atoms with Gasteiger partial charge in [0.25, 0.3) is 0 Å². The Hall–Kier alpha value is -1.38. The zero-order valence-electron chi connectivity index (χ0n) is 19.6. The minimum atomic E-state index is -0.0678. The van der Waals surface area contributed by atoms with E-state index in [1.165, 1.54) is 38.5 Å². The van der Waals surface area contributed by atoms with Crippen LogP contribution in [-0.2, 0) is 0 Å². The highest BCUT2D eigenvalue weighted by atomic mass is 16.6. The maximum absolute atomic E-state index is 6.92. The molecule has 0 aromatic heterocycles. The summed E-state index contributed by atoms with van der Waals surface area (Å²) in [5, 5.41) is 0. The van der Waals surface area contributed by atoms with E-state index in [-0.39, 0.29) is 16.8 Å². The molecule has 30 heavy (non-hydrogen) atoms. The lowest BCUT2D eigenvalue weighted by molar-refractivity contribution is 0.0273. The van der Waals surface area contributed by atoms with Crippen molar-refractivity contribution in [3.8, 4) is 17.2 Å². The summed E-state index contributed by atoms with van der Waals surface area (Å²) >= 11 is 0. The van der Waals surface area contributed by atoms with Gasteiger partial charge in [0.1, 0.15) is 16.8 Å². The van der Waals surface area contributed by atoms with E-state index in [0.717, 1.165) is 75.0 Å². The van der Waals surface area contributed by atoms with E-state index in [1.54, 1.807) is 0 Å². The predicted molar refractivity (Wildman–Crippen MR) is 123 cm³/mol. The fraction of sp³-hybridized carbons (Fsp3) is 0.778. The van der Waals surface area contributed by atoms with Crippen LogP contribution in [-0.4, -0.2) is 16.8 Å². The van der Waals surface area contributed by atoms with Crippen LogP contribution in [0.3, 0.4) is 0 Å². The van der Waals surface area contributed by atoms with E-state index in [4.69, 9.17) is 14.2 Å². The molecule has 0 saturated heterocycles. The van der Waals surface area contributed by atoms with Crippen molar-refractivity contribution < 1.29 is 14.2 Å². The van der Waals surface area contributed by atoms with Gasteiger partial charge < -0.3 is 14.2 Å². The lowest BCUT2D eigenvalue weighted by Gasteiger charge is -2.36. The number of ether oxygens (including phenoxy) is 3. The highest BCUT2D eigenvalue weighted by Crippen LogP contribution is 2.49. The van der Waals surface area contributed by atoms with Crippen molar-refractivity contribution in [1.82, 2.24) is 0 Å². The molecule has 0 spiro atoms. The summed E-state index contributed by atoms with van der Waals surface area (Å²) in [5.41, 5.74) is -0.148. The molecule has 0 bridgehead atoms. The van der Waals surface area contributed by atoms with Crippen molar-refractivity contribution in [3.63, 3.8) is 0 Å². The molecule has 4 rings (SSSR count). The Bertz CT molecular complexity index is 648. The van der Waals surface area contributed by atoms with Gasteiger partial charge in [-0.25, -0.2) is 0 Å². The molecule has 3 heteroatoms. The third kappa shape index (κ3) is 4.32. The number of rotatable bonds is 9. The van der Waals surface area contributed by atoms with Crippen LogP contribution in [0.25, 0.3) is 0 Å². The lowest BCUT2D eigenvalue weighted by atomic mass is 9.97. The van der Waals surface area contributed by atoms with Crippen molar-refractivity contribution in [2.45, 2.75) is 134 Å². The molecule has 0 amide bonds. The number of para-hydroxylation sites is 1. The zero-order chi connectivity index (χ0) is 21.1. The Kier molecular flexibility index (Phi) is 6.55. The third-order valence-electron chi connectivity index (χ3n) is 8.39. The number of hydrogen-bond acceptors (Lipinski definition) is 3. The number of benzene rings is 1. The summed E-state index contributed by atoms with van der Waals surface area (Å²) in [5.74, 6) is 2.68. The van der Waals surface area contributed by atoms with Crippen LogP contribution in [0.2, 0.25) is 0 Å². The van der Waals surface area contributed by atoms with Gasteiger partial charge in [-0.1, -0.05) is 26.8 Å². The molecule has 3 saturated carbocycles. The molecule has 168 valence electrons. The van der Waals surface area contributed by atoms with Crippen molar-refractivity contribution in [3.05, 3.63) is 18.2 Å². The van der Waals surface area contributed by atoms with E-state index < -0.39 is 0 Å². The fourth-order valence-corrected chi connectivity index (χ4v) is 6.08. The Balaban J connectivity index is 1.69. The molecule has 0 heterocycles. The average molecular weight is 415 g/mol. The van der Waals surface area contributed by atoms with E-state index in [0.29, 0.717) is 0 Å². The van der Waals surface area contributed by atoms with Gasteiger partial charge in [0.2, 0.25) is 5.75 Å². The highest BCUT2D eigenvalue weighted by Gasteiger charge is 2.40. The average Bonchev–Trinajstić information content (AvgIpc) is 3.53. The molecule has 0 atom stereocenters. The van der Waals surface area contributed by atoms with Crippen LogP contribution in [0.15, 0.2) is 18.2 Å². The standard InChI is InChI=1S/C27H42O3/c1-4-25(16-7-8-17-25)28-22-14-13-15-23(29-26(5-2)18-9-10-19-26)24(22)30-27(6-3)20-11-12-21-27/h13-15H,4-12,16-21H2,1-3H3. The van der Waals surface area contributed by atoms with Gasteiger partial charge >= 0.3 is 0 Å². The van der Waals surface area contributed by atoms with Crippen LogP contribution in [0.1, 0.15) is 117 Å². The molecule has 3 aliphatic carbocycles. The first-order valence-electron chi connectivity index (χ1n) is 12.8. The maximum Gasteiger partial charge on any atom is 0.204 e. The van der Waals surface area contributed by atoms with Gasteiger partial charge in [-0.05, 0) is 108 Å². The van der Waals surface area contributed by atoms with E-state index in [2.05, 4.69) is 39.0 Å². The topological polar surface area (TPSA) is 27.7 Å². The monoisotopic (exact) mass is 414 g/mol. The van der Waals surface area contributed by atoms with Crippen LogP contribution in [0, 0.1) is 0 Å². The minimum absolute atomic E-state index is 0.0401. The number of hydrogen-bond donors (Lipinski definition) is 0. The first kappa shape index (κ1) is 21.8. The van der Waals surface area contributed by atoms with Crippen molar-refractivity contribution in [2.75, 3.05) is 0 Å². The molecule has 3 nitrogen and oxygen atoms in total.